The third-order valence-corrected chi connectivity index (χ3v) is 6.98. The normalized spacial score (nSPS) is 27.6. The van der Waals surface area contributed by atoms with Crippen molar-refractivity contribution in [3.05, 3.63) is 34.8 Å². The first kappa shape index (κ1) is 18.4. The summed E-state index contributed by atoms with van der Waals surface area (Å²) in [5.41, 5.74) is 0. The Morgan fingerprint density at radius 3 is 2.44 bits per heavy atom. The topological polar surface area (TPSA) is 79.6 Å². The van der Waals surface area contributed by atoms with Crippen molar-refractivity contribution in [2.75, 3.05) is 0 Å². The Labute approximate surface area is 152 Å². The number of nitrogens with zero attached hydrogens (tertiary/aromatic N) is 1. The van der Waals surface area contributed by atoms with Gasteiger partial charge in [0.25, 0.3) is 0 Å². The van der Waals surface area contributed by atoms with Crippen LogP contribution in [-0.4, -0.2) is 25.4 Å². The zero-order chi connectivity index (χ0) is 19.6. The first-order valence-electron chi connectivity index (χ1n) is 8.51. The largest absolute Gasteiger partial charge is 0.442 e. The smallest absolute Gasteiger partial charge is 0.373 e. The summed E-state index contributed by atoms with van der Waals surface area (Å²) in [6.45, 7) is 0. The van der Waals surface area contributed by atoms with Crippen LogP contribution in [0.2, 0.25) is 0 Å². The molecule has 4 rings (SSSR count). The highest BCUT2D eigenvalue weighted by molar-refractivity contribution is 7.88. The van der Waals surface area contributed by atoms with Gasteiger partial charge in [-0.1, -0.05) is 18.6 Å². The maximum atomic E-state index is 14.6. The molecule has 0 amide bonds. The minimum Gasteiger partial charge on any atom is -0.373 e. The Morgan fingerprint density at radius 2 is 1.81 bits per heavy atom. The fourth-order valence-electron chi connectivity index (χ4n) is 4.38. The maximum Gasteiger partial charge on any atom is 0.442 e. The van der Waals surface area contributed by atoms with Gasteiger partial charge in [0.05, 0.1) is 5.36 Å². The Kier molecular flexibility index (Phi) is 3.93. The number of alkyl halides is 4. The van der Waals surface area contributed by atoms with E-state index in [-0.39, 0.29) is 22.9 Å². The summed E-state index contributed by atoms with van der Waals surface area (Å²) in [5, 5.41) is 2.36. The lowest BCUT2D eigenvalue weighted by molar-refractivity contribution is -0.202. The van der Waals surface area contributed by atoms with E-state index in [1.165, 1.54) is 18.2 Å². The molecule has 1 N–H and O–H groups in total. The molecule has 27 heavy (non-hydrogen) atoms. The average Bonchev–Trinajstić information content (AvgIpc) is 3.30. The third kappa shape index (κ3) is 2.60. The van der Waals surface area contributed by atoms with Gasteiger partial charge in [-0.05, 0) is 43.2 Å². The van der Waals surface area contributed by atoms with Crippen LogP contribution in [-0.2, 0) is 14.3 Å². The average molecular weight is 404 g/mol. The summed E-state index contributed by atoms with van der Waals surface area (Å²) < 4.78 is 87.0. The molecule has 146 valence electrons. The number of nitrogens with one attached hydrogen (secondary N) is 1. The number of hydrogen-bond acceptors (Lipinski definition) is 4. The predicted octanol–water partition coefficient (Wildman–Crippen LogP) is 2.42. The number of amidine groups is 1. The predicted molar refractivity (Wildman–Crippen MR) is 87.2 cm³/mol. The molecule has 1 aromatic rings. The highest BCUT2D eigenvalue weighted by atomic mass is 32.2. The van der Waals surface area contributed by atoms with Crippen LogP contribution in [0.25, 0.3) is 5.76 Å². The molecule has 2 fully saturated rings. The van der Waals surface area contributed by atoms with Crippen LogP contribution in [0.15, 0.2) is 29.3 Å². The van der Waals surface area contributed by atoms with Crippen LogP contribution in [0.1, 0.15) is 25.7 Å². The van der Waals surface area contributed by atoms with Gasteiger partial charge < -0.3 is 4.18 Å². The number of halogens is 4. The number of benzene rings is 1. The van der Waals surface area contributed by atoms with E-state index < -0.39 is 44.7 Å². The van der Waals surface area contributed by atoms with Gasteiger partial charge in [-0.15, -0.1) is 0 Å². The van der Waals surface area contributed by atoms with Crippen molar-refractivity contribution >= 4 is 21.7 Å². The van der Waals surface area contributed by atoms with E-state index in [1.54, 1.807) is 6.07 Å². The SMILES string of the molecule is N=C1N=c2ccccc2=C1OS(=O)(=O)C(F)(F)C(F)(F)C1CC2CCC1C2. The summed E-state index contributed by atoms with van der Waals surface area (Å²) in [6.07, 6.45) is 1.41. The Hall–Kier alpha value is -1.97. The number of rotatable bonds is 5. The number of para-hydroxylation sites is 1. The highest BCUT2D eigenvalue weighted by Gasteiger charge is 2.72. The van der Waals surface area contributed by atoms with Gasteiger partial charge in [0, 0.05) is 11.1 Å². The Morgan fingerprint density at radius 1 is 1.11 bits per heavy atom. The summed E-state index contributed by atoms with van der Waals surface area (Å²) >= 11 is 0. The van der Waals surface area contributed by atoms with E-state index in [0.29, 0.717) is 19.3 Å². The van der Waals surface area contributed by atoms with Crippen LogP contribution in [0.4, 0.5) is 17.6 Å². The molecule has 0 saturated heterocycles. The minimum absolute atomic E-state index is 0.00915. The van der Waals surface area contributed by atoms with Crippen LogP contribution in [0.3, 0.4) is 0 Å². The second-order valence-electron chi connectivity index (χ2n) is 7.27. The molecule has 3 unspecified atom stereocenters. The molecule has 0 aromatic heterocycles. The van der Waals surface area contributed by atoms with Crippen LogP contribution in [0.5, 0.6) is 0 Å². The highest BCUT2D eigenvalue weighted by Crippen LogP contribution is 2.58. The van der Waals surface area contributed by atoms with Crippen molar-refractivity contribution in [3.63, 3.8) is 0 Å². The molecule has 0 radical (unpaired) electrons. The van der Waals surface area contributed by atoms with Gasteiger partial charge in [0.15, 0.2) is 11.6 Å². The number of hydrogen-bond donors (Lipinski definition) is 1. The van der Waals surface area contributed by atoms with Gasteiger partial charge in [0.1, 0.15) is 0 Å². The van der Waals surface area contributed by atoms with Gasteiger partial charge in [-0.2, -0.15) is 26.0 Å². The third-order valence-electron chi connectivity index (χ3n) is 5.69. The minimum atomic E-state index is -6.05. The van der Waals surface area contributed by atoms with E-state index in [1.807, 2.05) is 0 Å². The molecular weight excluding hydrogens is 388 g/mol. The summed E-state index contributed by atoms with van der Waals surface area (Å²) in [6, 6.07) is 5.75. The van der Waals surface area contributed by atoms with E-state index in [2.05, 4.69) is 9.18 Å². The number of fused-ring (bicyclic) bond motifs is 3. The fourth-order valence-corrected chi connectivity index (χ4v) is 5.36. The molecule has 3 atom stereocenters. The van der Waals surface area contributed by atoms with Crippen molar-refractivity contribution in [1.82, 2.24) is 0 Å². The molecule has 1 aromatic carbocycles. The van der Waals surface area contributed by atoms with Crippen LogP contribution < -0.4 is 10.6 Å². The lowest BCUT2D eigenvalue weighted by Gasteiger charge is -2.34. The van der Waals surface area contributed by atoms with Crippen LogP contribution in [0, 0.1) is 23.2 Å². The van der Waals surface area contributed by atoms with E-state index in [0.717, 1.165) is 0 Å². The summed E-state index contributed by atoms with van der Waals surface area (Å²) in [7, 11) is -6.05. The van der Waals surface area contributed by atoms with E-state index >= 15 is 0 Å². The monoisotopic (exact) mass is 404 g/mol. The summed E-state index contributed by atoms with van der Waals surface area (Å²) in [5.74, 6) is -8.61. The molecule has 10 heteroatoms. The van der Waals surface area contributed by atoms with Crippen molar-refractivity contribution < 1.29 is 30.2 Å². The van der Waals surface area contributed by atoms with Gasteiger partial charge in [-0.25, -0.2) is 4.99 Å². The fraction of sp³-hybridized carbons (Fsp3) is 0.529. The molecule has 2 saturated carbocycles. The second-order valence-corrected chi connectivity index (χ2v) is 8.85. The molecule has 3 aliphatic rings. The molecule has 2 bridgehead atoms. The zero-order valence-corrected chi connectivity index (χ0v) is 14.8. The quantitative estimate of drug-likeness (QED) is 0.605. The van der Waals surface area contributed by atoms with Gasteiger partial charge in [-0.3, -0.25) is 5.41 Å². The maximum absolute atomic E-state index is 14.6. The standard InChI is InChI=1S/C17H16F4N2O3S/c18-16(19,12-8-9-5-6-10(12)7-9)17(20,21)27(24,25)26-14-11-3-1-2-4-13(11)23-15(14)22/h1-4,9-10,12,22H,5-8H2. The molecule has 5 nitrogen and oxygen atoms in total. The molecule has 2 aliphatic carbocycles. The first-order chi connectivity index (χ1) is 12.5. The van der Waals surface area contributed by atoms with Gasteiger partial charge >= 0.3 is 21.3 Å². The van der Waals surface area contributed by atoms with E-state index in [9.17, 15) is 26.0 Å². The van der Waals surface area contributed by atoms with Crippen LogP contribution >= 0.6 is 0 Å². The lowest BCUT2D eigenvalue weighted by Crippen LogP contribution is -2.53. The molecule has 1 aliphatic heterocycles. The van der Waals surface area contributed by atoms with Crippen molar-refractivity contribution in [3.8, 4) is 0 Å². The summed E-state index contributed by atoms with van der Waals surface area (Å²) in [4.78, 5) is 3.69. The lowest BCUT2D eigenvalue weighted by atomic mass is 9.84. The Balaban J connectivity index is 1.69. The van der Waals surface area contributed by atoms with Crippen molar-refractivity contribution in [2.45, 2.75) is 36.9 Å². The van der Waals surface area contributed by atoms with E-state index in [4.69, 9.17) is 5.41 Å². The molecule has 0 spiro atoms. The first-order valence-corrected chi connectivity index (χ1v) is 9.92. The van der Waals surface area contributed by atoms with Crippen molar-refractivity contribution in [2.24, 2.45) is 22.7 Å². The second kappa shape index (κ2) is 5.76. The van der Waals surface area contributed by atoms with Crippen molar-refractivity contribution in [1.29, 1.82) is 5.41 Å². The van der Waals surface area contributed by atoms with Gasteiger partial charge in [0.2, 0.25) is 0 Å². The molecular formula is C17H16F4N2O3S. The zero-order valence-electron chi connectivity index (χ0n) is 14.0. The molecule has 1 heterocycles. The Bertz CT molecular complexity index is 1040.